The van der Waals surface area contributed by atoms with E-state index in [0.29, 0.717) is 11.1 Å². The van der Waals surface area contributed by atoms with Gasteiger partial charge in [-0.1, -0.05) is 51.1 Å². The lowest BCUT2D eigenvalue weighted by Crippen LogP contribution is -2.15. The number of benzene rings is 2. The van der Waals surface area contributed by atoms with Gasteiger partial charge >= 0.3 is 0 Å². The monoisotopic (exact) mass is 384 g/mol. The minimum absolute atomic E-state index is 0.137. The minimum Gasteiger partial charge on any atom is -0.496 e. The predicted octanol–water partition coefficient (Wildman–Crippen LogP) is 5.39. The summed E-state index contributed by atoms with van der Waals surface area (Å²) in [7, 11) is 1.65. The first kappa shape index (κ1) is 20.2. The molecule has 2 aromatic carbocycles. The van der Waals surface area contributed by atoms with Gasteiger partial charge in [-0.15, -0.1) is 0 Å². The molecule has 0 aliphatic heterocycles. The zero-order valence-corrected chi connectivity index (χ0v) is 17.1. The highest BCUT2D eigenvalue weighted by Crippen LogP contribution is 2.38. The van der Waals surface area contributed by atoms with Crippen LogP contribution < -0.4 is 10.3 Å². The summed E-state index contributed by atoms with van der Waals surface area (Å²) in [6.45, 7) is 6.34. The maximum Gasteiger partial charge on any atom is 0.255 e. The summed E-state index contributed by atoms with van der Waals surface area (Å²) in [5.41, 5.74) is 4.41. The Balaban J connectivity index is 2.23. The lowest BCUT2D eigenvalue weighted by molar-refractivity contribution is 0.397. The molecule has 0 aliphatic rings. The molecule has 3 rings (SSSR count). The van der Waals surface area contributed by atoms with E-state index in [2.05, 4.69) is 31.8 Å². The van der Waals surface area contributed by atoms with Gasteiger partial charge in [-0.2, -0.15) is 5.26 Å². The van der Waals surface area contributed by atoms with Crippen molar-refractivity contribution in [3.05, 3.63) is 87.3 Å². The van der Waals surface area contributed by atoms with Crippen molar-refractivity contribution < 1.29 is 4.74 Å². The molecular weight excluding hydrogens is 360 g/mol. The van der Waals surface area contributed by atoms with Gasteiger partial charge in [0, 0.05) is 22.9 Å². The molecule has 0 spiro atoms. The van der Waals surface area contributed by atoms with Gasteiger partial charge < -0.3 is 9.72 Å². The van der Waals surface area contributed by atoms with E-state index in [4.69, 9.17) is 4.74 Å². The zero-order valence-electron chi connectivity index (χ0n) is 17.1. The van der Waals surface area contributed by atoms with Crippen molar-refractivity contribution in [2.75, 3.05) is 7.11 Å². The zero-order chi connectivity index (χ0) is 21.0. The first-order chi connectivity index (χ1) is 13.8. The summed E-state index contributed by atoms with van der Waals surface area (Å²) in [5.74, 6) is 0.763. The summed E-state index contributed by atoms with van der Waals surface area (Å²) in [5, 5.41) is 9.34. The molecule has 1 aromatic heterocycles. The second-order valence-electron chi connectivity index (χ2n) is 7.84. The normalized spacial score (nSPS) is 11.4. The molecule has 0 aliphatic carbocycles. The van der Waals surface area contributed by atoms with Crippen molar-refractivity contribution in [3.8, 4) is 22.9 Å². The predicted molar refractivity (Wildman–Crippen MR) is 118 cm³/mol. The topological polar surface area (TPSA) is 65.9 Å². The molecule has 1 heterocycles. The molecule has 0 saturated heterocycles. The Labute approximate surface area is 171 Å². The summed E-state index contributed by atoms with van der Waals surface area (Å²) < 4.78 is 5.77. The minimum atomic E-state index is -0.184. The van der Waals surface area contributed by atoms with E-state index in [9.17, 15) is 10.1 Å². The summed E-state index contributed by atoms with van der Waals surface area (Å²) in [6.07, 6.45) is 5.46. The first-order valence-electron chi connectivity index (χ1n) is 9.43. The Bertz CT molecular complexity index is 1160. The van der Waals surface area contributed by atoms with Crippen molar-refractivity contribution in [1.82, 2.24) is 4.98 Å². The van der Waals surface area contributed by atoms with Gasteiger partial charge in [0.15, 0.2) is 0 Å². The maximum absolute atomic E-state index is 12.4. The van der Waals surface area contributed by atoms with Crippen LogP contribution in [0, 0.1) is 11.3 Å². The Morgan fingerprint density at radius 1 is 1.03 bits per heavy atom. The molecule has 146 valence electrons. The van der Waals surface area contributed by atoms with E-state index in [0.717, 1.165) is 28.0 Å². The number of nitrogens with one attached hydrogen (secondary N) is 1. The number of aromatic nitrogens is 1. The van der Waals surface area contributed by atoms with Gasteiger partial charge in [0.1, 0.15) is 5.75 Å². The molecule has 0 unspecified atom stereocenters. The highest BCUT2D eigenvalue weighted by Gasteiger charge is 2.22. The van der Waals surface area contributed by atoms with Gasteiger partial charge in [-0.05, 0) is 46.9 Å². The number of hydrogen-bond donors (Lipinski definition) is 1. The highest BCUT2D eigenvalue weighted by molar-refractivity contribution is 5.79. The number of H-pyrrole nitrogens is 1. The van der Waals surface area contributed by atoms with E-state index >= 15 is 0 Å². The molecular formula is C25H24N2O2. The third-order valence-corrected chi connectivity index (χ3v) is 4.78. The molecule has 0 radical (unpaired) electrons. The van der Waals surface area contributed by atoms with E-state index in [1.807, 2.05) is 54.6 Å². The van der Waals surface area contributed by atoms with Crippen molar-refractivity contribution in [3.63, 3.8) is 0 Å². The molecule has 0 fully saturated rings. The third-order valence-electron chi connectivity index (χ3n) is 4.78. The number of methoxy groups -OCH3 is 1. The molecule has 4 heteroatoms. The SMILES string of the molecule is COc1c(C=Cc2ccccc2C#N)cc(-c2ccc[nH]c2=O)cc1C(C)(C)C. The summed E-state index contributed by atoms with van der Waals surface area (Å²) in [4.78, 5) is 15.1. The van der Waals surface area contributed by atoms with Gasteiger partial charge in [0.2, 0.25) is 0 Å². The van der Waals surface area contributed by atoms with E-state index in [1.54, 1.807) is 19.4 Å². The third kappa shape index (κ3) is 4.30. The fourth-order valence-corrected chi connectivity index (χ4v) is 3.29. The molecule has 29 heavy (non-hydrogen) atoms. The van der Waals surface area contributed by atoms with E-state index < -0.39 is 0 Å². The Morgan fingerprint density at radius 2 is 1.76 bits per heavy atom. The quantitative estimate of drug-likeness (QED) is 0.613. The highest BCUT2D eigenvalue weighted by atomic mass is 16.5. The Morgan fingerprint density at radius 3 is 2.41 bits per heavy atom. The van der Waals surface area contributed by atoms with Crippen LogP contribution in [0.5, 0.6) is 5.75 Å². The lowest BCUT2D eigenvalue weighted by Gasteiger charge is -2.24. The van der Waals surface area contributed by atoms with E-state index in [1.165, 1.54) is 0 Å². The van der Waals surface area contributed by atoms with Gasteiger partial charge in [0.05, 0.1) is 18.7 Å². The molecule has 1 N–H and O–H groups in total. The second kappa shape index (κ2) is 8.20. The van der Waals surface area contributed by atoms with Crippen molar-refractivity contribution in [2.24, 2.45) is 0 Å². The first-order valence-corrected chi connectivity index (χ1v) is 9.43. The Kier molecular flexibility index (Phi) is 5.70. The molecule has 0 bridgehead atoms. The van der Waals surface area contributed by atoms with Crippen LogP contribution in [0.15, 0.2) is 59.5 Å². The number of nitrogens with zero attached hydrogens (tertiary/aromatic N) is 1. The van der Waals surface area contributed by atoms with Crippen molar-refractivity contribution in [1.29, 1.82) is 5.26 Å². The van der Waals surface area contributed by atoms with Crippen LogP contribution in [0.1, 0.15) is 43.0 Å². The summed E-state index contributed by atoms with van der Waals surface area (Å²) >= 11 is 0. The van der Waals surface area contributed by atoms with Crippen molar-refractivity contribution >= 4 is 12.2 Å². The Hall–Kier alpha value is -3.58. The molecule has 0 saturated carbocycles. The van der Waals surface area contributed by atoms with Crippen LogP contribution in [0.2, 0.25) is 0 Å². The van der Waals surface area contributed by atoms with Crippen LogP contribution in [0.3, 0.4) is 0 Å². The average Bonchev–Trinajstić information content (AvgIpc) is 2.71. The van der Waals surface area contributed by atoms with Crippen LogP contribution in [-0.4, -0.2) is 12.1 Å². The van der Waals surface area contributed by atoms with Gasteiger partial charge in [0.25, 0.3) is 5.56 Å². The number of aromatic amines is 1. The number of nitriles is 1. The number of hydrogen-bond acceptors (Lipinski definition) is 3. The number of ether oxygens (including phenoxy) is 1. The molecule has 4 nitrogen and oxygen atoms in total. The number of rotatable bonds is 4. The smallest absolute Gasteiger partial charge is 0.255 e. The fraction of sp³-hybridized carbons (Fsp3) is 0.200. The van der Waals surface area contributed by atoms with Crippen LogP contribution >= 0.6 is 0 Å². The van der Waals surface area contributed by atoms with Crippen LogP contribution in [-0.2, 0) is 5.41 Å². The molecule has 0 atom stereocenters. The van der Waals surface area contributed by atoms with Crippen molar-refractivity contribution in [2.45, 2.75) is 26.2 Å². The van der Waals surface area contributed by atoms with E-state index in [-0.39, 0.29) is 11.0 Å². The van der Waals surface area contributed by atoms with Crippen LogP contribution in [0.4, 0.5) is 0 Å². The average molecular weight is 384 g/mol. The van der Waals surface area contributed by atoms with Gasteiger partial charge in [-0.25, -0.2) is 0 Å². The second-order valence-corrected chi connectivity index (χ2v) is 7.84. The van der Waals surface area contributed by atoms with Gasteiger partial charge in [-0.3, -0.25) is 4.79 Å². The summed E-state index contributed by atoms with van der Waals surface area (Å²) in [6, 6.07) is 17.2. The fourth-order valence-electron chi connectivity index (χ4n) is 3.29. The molecule has 3 aromatic rings. The van der Waals surface area contributed by atoms with Crippen LogP contribution in [0.25, 0.3) is 23.3 Å². The molecule has 0 amide bonds. The lowest BCUT2D eigenvalue weighted by atomic mass is 9.83. The standard InChI is InChI=1S/C25H24N2O2/c1-25(2,3)22-15-20(21-10-7-13-27-24(21)28)14-18(23(22)29-4)12-11-17-8-5-6-9-19(17)16-26/h5-15H,1-4H3,(H,27,28). The number of pyridine rings is 1. The maximum atomic E-state index is 12.4. The largest absolute Gasteiger partial charge is 0.496 e.